The SMILES string of the molecule is CCCNC1(CCc2ccc(Oc3nc4ccccc4s3)cc2)CC1. The first kappa shape index (κ1) is 16.6. The van der Waals surface area contributed by atoms with Crippen LogP contribution in [0.4, 0.5) is 0 Å². The molecule has 1 aliphatic carbocycles. The number of hydrogen-bond acceptors (Lipinski definition) is 4. The molecule has 1 aliphatic rings. The molecule has 0 amide bonds. The van der Waals surface area contributed by atoms with Crippen LogP contribution in [0, 0.1) is 0 Å². The molecule has 0 unspecified atom stereocenters. The number of para-hydroxylation sites is 1. The van der Waals surface area contributed by atoms with Gasteiger partial charge in [-0.15, -0.1) is 0 Å². The molecule has 1 aromatic heterocycles. The Bertz CT molecular complexity index is 803. The van der Waals surface area contributed by atoms with Gasteiger partial charge in [0.2, 0.25) is 0 Å². The average Bonchev–Trinajstić information content (AvgIpc) is 3.30. The summed E-state index contributed by atoms with van der Waals surface area (Å²) in [5, 5.41) is 4.42. The van der Waals surface area contributed by atoms with Crippen LogP contribution < -0.4 is 10.1 Å². The van der Waals surface area contributed by atoms with Crippen molar-refractivity contribution in [3.05, 3.63) is 54.1 Å². The van der Waals surface area contributed by atoms with Crippen LogP contribution in [0.2, 0.25) is 0 Å². The van der Waals surface area contributed by atoms with E-state index in [-0.39, 0.29) is 0 Å². The molecule has 1 heterocycles. The molecule has 3 nitrogen and oxygen atoms in total. The highest BCUT2D eigenvalue weighted by atomic mass is 32.1. The van der Waals surface area contributed by atoms with Gasteiger partial charge in [-0.3, -0.25) is 0 Å². The summed E-state index contributed by atoms with van der Waals surface area (Å²) in [6.07, 6.45) is 6.21. The van der Waals surface area contributed by atoms with Gasteiger partial charge < -0.3 is 10.1 Å². The van der Waals surface area contributed by atoms with Gasteiger partial charge in [0.1, 0.15) is 5.75 Å². The van der Waals surface area contributed by atoms with Crippen molar-refractivity contribution in [3.8, 4) is 10.9 Å². The zero-order chi connectivity index (χ0) is 17.1. The predicted octanol–water partition coefficient (Wildman–Crippen LogP) is 5.55. The second-order valence-corrected chi connectivity index (χ2v) is 7.89. The van der Waals surface area contributed by atoms with E-state index in [1.807, 2.05) is 18.2 Å². The lowest BCUT2D eigenvalue weighted by Gasteiger charge is -2.16. The molecule has 0 saturated heterocycles. The lowest BCUT2D eigenvalue weighted by atomic mass is 10.0. The molecule has 2 aromatic carbocycles. The van der Waals surface area contributed by atoms with Gasteiger partial charge in [-0.1, -0.05) is 42.5 Å². The summed E-state index contributed by atoms with van der Waals surface area (Å²) in [4.78, 5) is 4.52. The number of benzene rings is 2. The zero-order valence-electron chi connectivity index (χ0n) is 14.6. The Balaban J connectivity index is 1.35. The van der Waals surface area contributed by atoms with Gasteiger partial charge in [-0.25, -0.2) is 4.98 Å². The first-order chi connectivity index (χ1) is 12.3. The number of thiazole rings is 1. The molecular weight excluding hydrogens is 328 g/mol. The van der Waals surface area contributed by atoms with E-state index in [0.717, 1.165) is 28.9 Å². The van der Waals surface area contributed by atoms with Crippen LogP contribution in [0.3, 0.4) is 0 Å². The molecule has 1 fully saturated rings. The van der Waals surface area contributed by atoms with Crippen LogP contribution >= 0.6 is 11.3 Å². The lowest BCUT2D eigenvalue weighted by molar-refractivity contribution is 0.464. The molecule has 130 valence electrons. The fourth-order valence-corrected chi connectivity index (χ4v) is 3.99. The number of aromatic nitrogens is 1. The molecule has 3 aromatic rings. The number of hydrogen-bond donors (Lipinski definition) is 1. The molecule has 0 radical (unpaired) electrons. The van der Waals surface area contributed by atoms with E-state index in [4.69, 9.17) is 4.74 Å². The summed E-state index contributed by atoms with van der Waals surface area (Å²) in [5.74, 6) is 0.855. The number of nitrogens with zero attached hydrogens (tertiary/aromatic N) is 1. The van der Waals surface area contributed by atoms with E-state index in [1.54, 1.807) is 11.3 Å². The molecule has 0 aliphatic heterocycles. The van der Waals surface area contributed by atoms with Gasteiger partial charge in [0.25, 0.3) is 5.19 Å². The van der Waals surface area contributed by atoms with E-state index in [9.17, 15) is 0 Å². The monoisotopic (exact) mass is 352 g/mol. The fourth-order valence-electron chi connectivity index (χ4n) is 3.16. The Morgan fingerprint density at radius 3 is 2.64 bits per heavy atom. The lowest BCUT2D eigenvalue weighted by Crippen LogP contribution is -2.32. The summed E-state index contributed by atoms with van der Waals surface area (Å²) >= 11 is 1.58. The van der Waals surface area contributed by atoms with Crippen LogP contribution in [0.15, 0.2) is 48.5 Å². The Kier molecular flexibility index (Phi) is 4.73. The Labute approximate surface area is 153 Å². The van der Waals surface area contributed by atoms with Crippen LogP contribution in [0.25, 0.3) is 10.2 Å². The maximum absolute atomic E-state index is 5.92. The maximum atomic E-state index is 5.92. The largest absolute Gasteiger partial charge is 0.431 e. The summed E-state index contributed by atoms with van der Waals surface area (Å²) in [6.45, 7) is 3.36. The van der Waals surface area contributed by atoms with E-state index in [2.05, 4.69) is 47.6 Å². The summed E-state index contributed by atoms with van der Waals surface area (Å²) in [5.41, 5.74) is 2.79. The van der Waals surface area contributed by atoms with Crippen molar-refractivity contribution in [1.82, 2.24) is 10.3 Å². The van der Waals surface area contributed by atoms with Gasteiger partial charge in [0.15, 0.2) is 0 Å². The number of rotatable bonds is 8. The molecule has 0 bridgehead atoms. The minimum atomic E-state index is 0.423. The highest BCUT2D eigenvalue weighted by Crippen LogP contribution is 2.39. The Morgan fingerprint density at radius 1 is 1.12 bits per heavy atom. The zero-order valence-corrected chi connectivity index (χ0v) is 15.4. The molecule has 4 heteroatoms. The third-order valence-corrected chi connectivity index (χ3v) is 5.81. The molecular formula is C21H24N2OS. The van der Waals surface area contributed by atoms with Crippen LogP contribution in [-0.2, 0) is 6.42 Å². The van der Waals surface area contributed by atoms with Gasteiger partial charge in [-0.2, -0.15) is 0 Å². The topological polar surface area (TPSA) is 34.1 Å². The Hall–Kier alpha value is -1.91. The van der Waals surface area contributed by atoms with Crippen molar-refractivity contribution in [1.29, 1.82) is 0 Å². The number of nitrogens with one attached hydrogen (secondary N) is 1. The minimum absolute atomic E-state index is 0.423. The second kappa shape index (κ2) is 7.14. The van der Waals surface area contributed by atoms with Gasteiger partial charge >= 0.3 is 0 Å². The van der Waals surface area contributed by atoms with Gasteiger partial charge in [0.05, 0.1) is 10.2 Å². The third kappa shape index (κ3) is 4.02. The smallest absolute Gasteiger partial charge is 0.279 e. The first-order valence-corrected chi connectivity index (χ1v) is 9.95. The normalized spacial score (nSPS) is 15.4. The van der Waals surface area contributed by atoms with Gasteiger partial charge in [-0.05, 0) is 68.5 Å². The fraction of sp³-hybridized carbons (Fsp3) is 0.381. The standard InChI is InChI=1S/C21H24N2OS/c1-2-15-22-21(13-14-21)12-11-16-7-9-17(10-8-16)24-20-23-18-5-3-4-6-19(18)25-20/h3-10,22H,2,11-15H2,1H3. The van der Waals surface area contributed by atoms with Crippen molar-refractivity contribution in [2.45, 2.75) is 44.6 Å². The van der Waals surface area contributed by atoms with Crippen molar-refractivity contribution >= 4 is 21.6 Å². The highest BCUT2D eigenvalue weighted by molar-refractivity contribution is 7.20. The third-order valence-electron chi connectivity index (χ3n) is 4.90. The number of ether oxygens (including phenoxy) is 1. The first-order valence-electron chi connectivity index (χ1n) is 9.14. The number of fused-ring (bicyclic) bond motifs is 1. The molecule has 0 atom stereocenters. The molecule has 25 heavy (non-hydrogen) atoms. The quantitative estimate of drug-likeness (QED) is 0.577. The molecule has 1 saturated carbocycles. The molecule has 1 N–H and O–H groups in total. The van der Waals surface area contributed by atoms with E-state index in [1.165, 1.54) is 31.2 Å². The predicted molar refractivity (Wildman–Crippen MR) is 105 cm³/mol. The van der Waals surface area contributed by atoms with E-state index in [0.29, 0.717) is 10.7 Å². The van der Waals surface area contributed by atoms with E-state index < -0.39 is 0 Å². The average molecular weight is 353 g/mol. The minimum Gasteiger partial charge on any atom is -0.431 e. The van der Waals surface area contributed by atoms with Crippen molar-refractivity contribution in [2.75, 3.05) is 6.54 Å². The highest BCUT2D eigenvalue weighted by Gasteiger charge is 2.40. The second-order valence-electron chi connectivity index (χ2n) is 6.90. The molecule has 0 spiro atoms. The van der Waals surface area contributed by atoms with Crippen LogP contribution in [0.5, 0.6) is 10.9 Å². The summed E-state index contributed by atoms with van der Waals surface area (Å²) in [6, 6.07) is 16.6. The van der Waals surface area contributed by atoms with Crippen molar-refractivity contribution in [3.63, 3.8) is 0 Å². The van der Waals surface area contributed by atoms with Crippen LogP contribution in [0.1, 0.15) is 38.2 Å². The van der Waals surface area contributed by atoms with Gasteiger partial charge in [0, 0.05) is 5.54 Å². The summed E-state index contributed by atoms with van der Waals surface area (Å²) in [7, 11) is 0. The van der Waals surface area contributed by atoms with E-state index >= 15 is 0 Å². The van der Waals surface area contributed by atoms with Crippen LogP contribution in [-0.4, -0.2) is 17.1 Å². The van der Waals surface area contributed by atoms with Crippen molar-refractivity contribution in [2.24, 2.45) is 0 Å². The molecule has 4 rings (SSSR count). The maximum Gasteiger partial charge on any atom is 0.279 e. The Morgan fingerprint density at radius 2 is 1.92 bits per heavy atom. The number of aryl methyl sites for hydroxylation is 1. The summed E-state index contributed by atoms with van der Waals surface area (Å²) < 4.78 is 7.08. The van der Waals surface area contributed by atoms with Crippen molar-refractivity contribution < 1.29 is 4.74 Å².